The molecule has 0 aliphatic carbocycles. The van der Waals surface area contributed by atoms with Gasteiger partial charge in [-0.15, -0.1) is 0 Å². The van der Waals surface area contributed by atoms with Crippen LogP contribution in [-0.4, -0.2) is 38.1 Å². The van der Waals surface area contributed by atoms with Crippen molar-refractivity contribution in [3.05, 3.63) is 0 Å². The molecule has 1 fully saturated rings. The minimum atomic E-state index is 0.775. The smallest absolute Gasteiger partial charge is 0.0105 e. The fraction of sp³-hybridized carbons (Fsp3) is 1.00. The van der Waals surface area contributed by atoms with Crippen LogP contribution in [0.15, 0.2) is 0 Å². The summed E-state index contributed by atoms with van der Waals surface area (Å²) in [5, 5.41) is 3.54. The minimum absolute atomic E-state index is 0.775. The Morgan fingerprint density at radius 3 is 2.07 bits per heavy atom. The van der Waals surface area contributed by atoms with Crippen molar-refractivity contribution in [3.8, 4) is 0 Å². The number of hydrogen-bond acceptors (Lipinski definition) is 2. The van der Waals surface area contributed by atoms with E-state index >= 15 is 0 Å². The average molecular weight is 216 g/mol. The van der Waals surface area contributed by atoms with E-state index in [1.807, 2.05) is 27.7 Å². The molecule has 0 bridgehead atoms. The maximum absolute atomic E-state index is 3.54. The quantitative estimate of drug-likeness (QED) is 0.780. The molecule has 1 heterocycles. The summed E-state index contributed by atoms with van der Waals surface area (Å²) in [6, 6.07) is 0.775. The van der Waals surface area contributed by atoms with Gasteiger partial charge in [-0.05, 0) is 39.4 Å². The molecule has 15 heavy (non-hydrogen) atoms. The second-order valence-corrected chi connectivity index (χ2v) is 3.78. The Morgan fingerprint density at radius 2 is 1.67 bits per heavy atom. The maximum atomic E-state index is 3.54. The Morgan fingerprint density at radius 1 is 1.13 bits per heavy atom. The third-order valence-electron chi connectivity index (χ3n) is 2.53. The van der Waals surface area contributed by atoms with Gasteiger partial charge in [0.2, 0.25) is 0 Å². The molecule has 1 aliphatic heterocycles. The highest BCUT2D eigenvalue weighted by atomic mass is 15.1. The van der Waals surface area contributed by atoms with Gasteiger partial charge in [-0.25, -0.2) is 0 Å². The fourth-order valence-electron chi connectivity index (χ4n) is 1.99. The Labute approximate surface area is 97.4 Å². The molecule has 2 nitrogen and oxygen atoms in total. The van der Waals surface area contributed by atoms with Crippen LogP contribution in [0.1, 0.15) is 47.5 Å². The van der Waals surface area contributed by atoms with Gasteiger partial charge in [0.05, 0.1) is 0 Å². The van der Waals surface area contributed by atoms with Crippen molar-refractivity contribution in [1.82, 2.24) is 10.2 Å². The van der Waals surface area contributed by atoms with E-state index in [0.29, 0.717) is 0 Å². The molecule has 1 rings (SSSR count). The molecular formula is C13H32N2. The molecule has 0 amide bonds. The normalized spacial score (nSPS) is 24.0. The van der Waals surface area contributed by atoms with E-state index in [2.05, 4.69) is 31.2 Å². The van der Waals surface area contributed by atoms with Gasteiger partial charge in [0.25, 0.3) is 0 Å². The molecule has 1 aliphatic rings. The van der Waals surface area contributed by atoms with Gasteiger partial charge >= 0.3 is 0 Å². The first-order valence-electron chi connectivity index (χ1n) is 6.62. The first-order chi connectivity index (χ1) is 7.24. The molecular weight excluding hydrogens is 184 g/mol. The van der Waals surface area contributed by atoms with E-state index in [0.717, 1.165) is 12.0 Å². The molecule has 0 spiro atoms. The van der Waals surface area contributed by atoms with E-state index in [1.54, 1.807) is 0 Å². The molecule has 2 heteroatoms. The lowest BCUT2D eigenvalue weighted by Crippen LogP contribution is -2.32. The number of rotatable bonds is 3. The molecule has 2 atom stereocenters. The van der Waals surface area contributed by atoms with Gasteiger partial charge in [-0.1, -0.05) is 34.6 Å². The molecule has 0 aromatic heterocycles. The van der Waals surface area contributed by atoms with Crippen molar-refractivity contribution in [2.24, 2.45) is 5.92 Å². The van der Waals surface area contributed by atoms with Gasteiger partial charge in [0.15, 0.2) is 0 Å². The van der Waals surface area contributed by atoms with E-state index in [4.69, 9.17) is 0 Å². The number of nitrogens with one attached hydrogen (secondary N) is 1. The summed E-state index contributed by atoms with van der Waals surface area (Å²) in [6.45, 7) is 12.7. The van der Waals surface area contributed by atoms with Crippen molar-refractivity contribution in [2.45, 2.75) is 53.5 Å². The Hall–Kier alpha value is -0.0800. The summed E-state index contributed by atoms with van der Waals surface area (Å²) >= 11 is 0. The summed E-state index contributed by atoms with van der Waals surface area (Å²) in [5.41, 5.74) is 0. The SMILES string of the molecule is CC.CC.CCC1NCCC1CN(C)C. The fourth-order valence-corrected chi connectivity index (χ4v) is 1.99. The average Bonchev–Trinajstić information content (AvgIpc) is 2.70. The maximum Gasteiger partial charge on any atom is 0.0105 e. The highest BCUT2D eigenvalue weighted by molar-refractivity contribution is 4.83. The second kappa shape index (κ2) is 12.0. The van der Waals surface area contributed by atoms with Crippen molar-refractivity contribution < 1.29 is 0 Å². The molecule has 1 saturated heterocycles. The van der Waals surface area contributed by atoms with Crippen LogP contribution < -0.4 is 5.32 Å². The van der Waals surface area contributed by atoms with Crippen LogP contribution >= 0.6 is 0 Å². The Bertz CT molecular complexity index is 113. The van der Waals surface area contributed by atoms with E-state index in [-0.39, 0.29) is 0 Å². The Kier molecular flexibility index (Phi) is 13.8. The monoisotopic (exact) mass is 216 g/mol. The largest absolute Gasteiger partial charge is 0.314 e. The molecule has 0 saturated carbocycles. The van der Waals surface area contributed by atoms with Crippen LogP contribution in [0.3, 0.4) is 0 Å². The van der Waals surface area contributed by atoms with E-state index in [1.165, 1.54) is 25.9 Å². The second-order valence-electron chi connectivity index (χ2n) is 3.78. The first kappa shape index (κ1) is 17.3. The standard InChI is InChI=1S/C9H20N2.2C2H6/c1-4-9-8(5-6-10-9)7-11(2)3;2*1-2/h8-10H,4-7H2,1-3H3;2*1-2H3. The van der Waals surface area contributed by atoms with Crippen LogP contribution in [-0.2, 0) is 0 Å². The van der Waals surface area contributed by atoms with Crippen LogP contribution in [0, 0.1) is 5.92 Å². The van der Waals surface area contributed by atoms with Crippen molar-refractivity contribution in [2.75, 3.05) is 27.2 Å². The van der Waals surface area contributed by atoms with Gasteiger partial charge in [-0.3, -0.25) is 0 Å². The lowest BCUT2D eigenvalue weighted by molar-refractivity contribution is 0.299. The molecule has 2 unspecified atom stereocenters. The topological polar surface area (TPSA) is 15.3 Å². The van der Waals surface area contributed by atoms with Gasteiger partial charge < -0.3 is 10.2 Å². The van der Waals surface area contributed by atoms with Crippen LogP contribution in [0.25, 0.3) is 0 Å². The zero-order valence-corrected chi connectivity index (χ0v) is 11.9. The summed E-state index contributed by atoms with van der Waals surface area (Å²) < 4.78 is 0. The summed E-state index contributed by atoms with van der Waals surface area (Å²) in [5.74, 6) is 0.884. The molecule has 0 aromatic rings. The zero-order valence-electron chi connectivity index (χ0n) is 11.9. The summed E-state index contributed by atoms with van der Waals surface area (Å²) in [6.07, 6.45) is 2.63. The van der Waals surface area contributed by atoms with Crippen molar-refractivity contribution in [1.29, 1.82) is 0 Å². The third-order valence-corrected chi connectivity index (χ3v) is 2.53. The van der Waals surface area contributed by atoms with Gasteiger partial charge in [-0.2, -0.15) is 0 Å². The Balaban J connectivity index is 0. The summed E-state index contributed by atoms with van der Waals surface area (Å²) in [7, 11) is 4.32. The van der Waals surface area contributed by atoms with Crippen molar-refractivity contribution in [3.63, 3.8) is 0 Å². The van der Waals surface area contributed by atoms with Crippen LogP contribution in [0.5, 0.6) is 0 Å². The highest BCUT2D eigenvalue weighted by Crippen LogP contribution is 2.18. The van der Waals surface area contributed by atoms with Crippen LogP contribution in [0.4, 0.5) is 0 Å². The lowest BCUT2D eigenvalue weighted by Gasteiger charge is -2.21. The number of nitrogens with zero attached hydrogens (tertiary/aromatic N) is 1. The van der Waals surface area contributed by atoms with E-state index in [9.17, 15) is 0 Å². The zero-order chi connectivity index (χ0) is 12.3. The lowest BCUT2D eigenvalue weighted by atomic mass is 9.98. The predicted molar refractivity (Wildman–Crippen MR) is 71.4 cm³/mol. The minimum Gasteiger partial charge on any atom is -0.314 e. The highest BCUT2D eigenvalue weighted by Gasteiger charge is 2.24. The van der Waals surface area contributed by atoms with E-state index < -0.39 is 0 Å². The first-order valence-corrected chi connectivity index (χ1v) is 6.62. The van der Waals surface area contributed by atoms with Gasteiger partial charge in [0, 0.05) is 12.6 Å². The third kappa shape index (κ3) is 7.80. The predicted octanol–water partition coefficient (Wildman–Crippen LogP) is 2.99. The number of hydrogen-bond donors (Lipinski definition) is 1. The molecule has 1 N–H and O–H groups in total. The molecule has 94 valence electrons. The van der Waals surface area contributed by atoms with Crippen molar-refractivity contribution >= 4 is 0 Å². The van der Waals surface area contributed by atoms with Gasteiger partial charge in [0.1, 0.15) is 0 Å². The summed E-state index contributed by atoms with van der Waals surface area (Å²) in [4.78, 5) is 2.29. The van der Waals surface area contributed by atoms with Crippen LogP contribution in [0.2, 0.25) is 0 Å². The molecule has 0 aromatic carbocycles. The molecule has 0 radical (unpaired) electrons.